The van der Waals surface area contributed by atoms with Gasteiger partial charge in [-0.25, -0.2) is 0 Å². The molecule has 128 valence electrons. The molecular formula is C18H24N4O2. The molecule has 0 radical (unpaired) electrons. The summed E-state index contributed by atoms with van der Waals surface area (Å²) in [4.78, 5) is 28.1. The molecule has 0 saturated heterocycles. The number of carbonyl (C=O) groups excluding carboxylic acids is 2. The normalized spacial score (nSPS) is 12.0. The van der Waals surface area contributed by atoms with Gasteiger partial charge >= 0.3 is 0 Å². The van der Waals surface area contributed by atoms with Crippen LogP contribution in [0.15, 0.2) is 12.1 Å². The van der Waals surface area contributed by atoms with Crippen LogP contribution >= 0.6 is 0 Å². The van der Waals surface area contributed by atoms with Crippen LogP contribution in [0.4, 0.5) is 0 Å². The van der Waals surface area contributed by atoms with Gasteiger partial charge in [-0.15, -0.1) is 0 Å². The largest absolute Gasteiger partial charge is 0.350 e. The summed E-state index contributed by atoms with van der Waals surface area (Å²) >= 11 is 0. The highest BCUT2D eigenvalue weighted by Crippen LogP contribution is 2.15. The SMILES string of the molecule is CC(=O)c1ccc(CNC(=O)C(C)Cc2c(C)n[nH]c2C)nc1C. The van der Waals surface area contributed by atoms with Crippen molar-refractivity contribution in [3.8, 4) is 0 Å². The summed E-state index contributed by atoms with van der Waals surface area (Å²) in [6.07, 6.45) is 0.649. The average molecular weight is 328 g/mol. The number of Topliss-reactive ketones (excluding diaryl/α,β-unsaturated/α-hetero) is 1. The lowest BCUT2D eigenvalue weighted by Crippen LogP contribution is -2.30. The smallest absolute Gasteiger partial charge is 0.223 e. The molecule has 2 heterocycles. The molecule has 1 unspecified atom stereocenters. The third kappa shape index (κ3) is 4.07. The van der Waals surface area contributed by atoms with Gasteiger partial charge in [-0.05, 0) is 51.8 Å². The highest BCUT2D eigenvalue weighted by molar-refractivity contribution is 5.95. The molecule has 0 bridgehead atoms. The number of nitrogens with one attached hydrogen (secondary N) is 2. The maximum atomic E-state index is 12.3. The van der Waals surface area contributed by atoms with E-state index in [1.807, 2.05) is 20.8 Å². The van der Waals surface area contributed by atoms with Crippen LogP contribution in [0.3, 0.4) is 0 Å². The van der Waals surface area contributed by atoms with Crippen LogP contribution in [0.5, 0.6) is 0 Å². The maximum absolute atomic E-state index is 12.3. The molecule has 2 aromatic heterocycles. The third-order valence-electron chi connectivity index (χ3n) is 4.21. The quantitative estimate of drug-likeness (QED) is 0.797. The Balaban J connectivity index is 1.95. The van der Waals surface area contributed by atoms with Gasteiger partial charge < -0.3 is 5.32 Å². The Morgan fingerprint density at radius 3 is 2.46 bits per heavy atom. The summed E-state index contributed by atoms with van der Waals surface area (Å²) in [6.45, 7) is 9.47. The molecule has 0 fully saturated rings. The average Bonchev–Trinajstić information content (AvgIpc) is 2.84. The van der Waals surface area contributed by atoms with Crippen molar-refractivity contribution in [2.24, 2.45) is 5.92 Å². The van der Waals surface area contributed by atoms with Gasteiger partial charge in [0.15, 0.2) is 5.78 Å². The van der Waals surface area contributed by atoms with Gasteiger partial charge in [-0.1, -0.05) is 6.92 Å². The van der Waals surface area contributed by atoms with Gasteiger partial charge in [0.1, 0.15) is 0 Å². The molecule has 0 spiro atoms. The first-order valence-corrected chi connectivity index (χ1v) is 8.05. The number of amides is 1. The Morgan fingerprint density at radius 1 is 1.21 bits per heavy atom. The molecule has 6 heteroatoms. The molecule has 2 rings (SSSR count). The van der Waals surface area contributed by atoms with Gasteiger partial charge in [-0.2, -0.15) is 5.10 Å². The first-order valence-electron chi connectivity index (χ1n) is 8.05. The number of nitrogens with zero attached hydrogens (tertiary/aromatic N) is 2. The number of pyridine rings is 1. The van der Waals surface area contributed by atoms with Crippen molar-refractivity contribution in [2.45, 2.75) is 47.6 Å². The van der Waals surface area contributed by atoms with Crippen molar-refractivity contribution in [2.75, 3.05) is 0 Å². The molecule has 0 aliphatic rings. The summed E-state index contributed by atoms with van der Waals surface area (Å²) in [5.74, 6) is -0.183. The van der Waals surface area contributed by atoms with Crippen molar-refractivity contribution in [3.63, 3.8) is 0 Å². The molecular weight excluding hydrogens is 304 g/mol. The lowest BCUT2D eigenvalue weighted by Gasteiger charge is -2.13. The summed E-state index contributed by atoms with van der Waals surface area (Å²) < 4.78 is 0. The van der Waals surface area contributed by atoms with E-state index in [1.54, 1.807) is 19.1 Å². The summed E-state index contributed by atoms with van der Waals surface area (Å²) in [6, 6.07) is 3.53. The molecule has 0 aliphatic carbocycles. The molecule has 24 heavy (non-hydrogen) atoms. The molecule has 2 aromatic rings. The standard InChI is InChI=1S/C18H24N4O2/c1-10(8-17-12(3)21-22-13(17)4)18(24)19-9-15-6-7-16(14(5)23)11(2)20-15/h6-7,10H,8-9H2,1-5H3,(H,19,24)(H,21,22). The van der Waals surface area contributed by atoms with Crippen molar-refractivity contribution in [1.29, 1.82) is 0 Å². The molecule has 2 N–H and O–H groups in total. The van der Waals surface area contributed by atoms with E-state index in [-0.39, 0.29) is 17.6 Å². The van der Waals surface area contributed by atoms with Gasteiger partial charge in [0.25, 0.3) is 0 Å². The van der Waals surface area contributed by atoms with Crippen LogP contribution in [0.2, 0.25) is 0 Å². The monoisotopic (exact) mass is 328 g/mol. The molecule has 1 atom stereocenters. The van der Waals surface area contributed by atoms with E-state index < -0.39 is 0 Å². The van der Waals surface area contributed by atoms with Crippen LogP contribution in [-0.4, -0.2) is 26.9 Å². The van der Waals surface area contributed by atoms with Gasteiger partial charge in [-0.3, -0.25) is 19.7 Å². The van der Waals surface area contributed by atoms with E-state index in [4.69, 9.17) is 0 Å². The molecule has 0 saturated carbocycles. The zero-order chi connectivity index (χ0) is 17.9. The molecule has 0 aromatic carbocycles. The minimum atomic E-state index is -0.155. The zero-order valence-electron chi connectivity index (χ0n) is 14.9. The van der Waals surface area contributed by atoms with Crippen molar-refractivity contribution < 1.29 is 9.59 Å². The minimum Gasteiger partial charge on any atom is -0.350 e. The fourth-order valence-electron chi connectivity index (χ4n) is 2.71. The predicted molar refractivity (Wildman–Crippen MR) is 91.8 cm³/mol. The van der Waals surface area contributed by atoms with E-state index in [1.165, 1.54) is 6.92 Å². The minimum absolute atomic E-state index is 0.00457. The van der Waals surface area contributed by atoms with Crippen molar-refractivity contribution in [1.82, 2.24) is 20.5 Å². The second-order valence-electron chi connectivity index (χ2n) is 6.23. The Kier molecular flexibility index (Phi) is 5.49. The highest BCUT2D eigenvalue weighted by atomic mass is 16.1. The van der Waals surface area contributed by atoms with E-state index >= 15 is 0 Å². The first kappa shape index (κ1) is 17.8. The molecule has 1 amide bonds. The zero-order valence-corrected chi connectivity index (χ0v) is 14.9. The number of ketones is 1. The fraction of sp³-hybridized carbons (Fsp3) is 0.444. The summed E-state index contributed by atoms with van der Waals surface area (Å²) in [5.41, 5.74) is 5.08. The maximum Gasteiger partial charge on any atom is 0.223 e. The number of carbonyl (C=O) groups is 2. The Morgan fingerprint density at radius 2 is 1.92 bits per heavy atom. The topological polar surface area (TPSA) is 87.7 Å². The second kappa shape index (κ2) is 7.38. The number of hydrogen-bond donors (Lipinski definition) is 2. The fourth-order valence-corrected chi connectivity index (χ4v) is 2.71. The van der Waals surface area contributed by atoms with Gasteiger partial charge in [0, 0.05) is 22.9 Å². The van der Waals surface area contributed by atoms with Crippen LogP contribution in [0.1, 0.15) is 52.5 Å². The van der Waals surface area contributed by atoms with Crippen LogP contribution < -0.4 is 5.32 Å². The van der Waals surface area contributed by atoms with Gasteiger partial charge in [0.2, 0.25) is 5.91 Å². The number of aromatic nitrogens is 3. The highest BCUT2D eigenvalue weighted by Gasteiger charge is 2.17. The van der Waals surface area contributed by atoms with Crippen LogP contribution in [0.25, 0.3) is 0 Å². The molecule has 0 aliphatic heterocycles. The number of H-pyrrole nitrogens is 1. The van der Waals surface area contributed by atoms with Crippen molar-refractivity contribution in [3.05, 3.63) is 46.0 Å². The number of aromatic amines is 1. The number of rotatable bonds is 6. The Hall–Kier alpha value is -2.50. The van der Waals surface area contributed by atoms with E-state index in [9.17, 15) is 9.59 Å². The first-order chi connectivity index (χ1) is 11.3. The third-order valence-corrected chi connectivity index (χ3v) is 4.21. The predicted octanol–water partition coefficient (Wildman–Crippen LogP) is 2.43. The summed E-state index contributed by atoms with van der Waals surface area (Å²) in [7, 11) is 0. The van der Waals surface area contributed by atoms with Crippen LogP contribution in [0, 0.1) is 26.7 Å². The Bertz CT molecular complexity index is 745. The lowest BCUT2D eigenvalue weighted by molar-refractivity contribution is -0.124. The van der Waals surface area contributed by atoms with Crippen LogP contribution in [-0.2, 0) is 17.8 Å². The van der Waals surface area contributed by atoms with E-state index in [0.29, 0.717) is 24.2 Å². The second-order valence-corrected chi connectivity index (χ2v) is 6.23. The molecule has 6 nitrogen and oxygen atoms in total. The summed E-state index contributed by atoms with van der Waals surface area (Å²) in [5, 5.41) is 10.0. The lowest BCUT2D eigenvalue weighted by atomic mass is 9.99. The van der Waals surface area contributed by atoms with E-state index in [0.717, 1.165) is 22.6 Å². The van der Waals surface area contributed by atoms with E-state index in [2.05, 4.69) is 20.5 Å². The number of aryl methyl sites for hydroxylation is 3. The van der Waals surface area contributed by atoms with Crippen molar-refractivity contribution >= 4 is 11.7 Å². The Labute approximate surface area is 142 Å². The van der Waals surface area contributed by atoms with Gasteiger partial charge in [0.05, 0.1) is 17.9 Å². The number of hydrogen-bond acceptors (Lipinski definition) is 4.